The molecular weight excluding hydrogens is 588 g/mol. The van der Waals surface area contributed by atoms with Crippen molar-refractivity contribution in [3.05, 3.63) is 85.1 Å². The minimum atomic E-state index is -4.25. The quantitative estimate of drug-likeness (QED) is 0.215. The minimum Gasteiger partial charge on any atom is -0.493 e. The van der Waals surface area contributed by atoms with Crippen LogP contribution in [0.4, 0.5) is 5.82 Å². The molecule has 0 aliphatic rings. The van der Waals surface area contributed by atoms with E-state index in [1.165, 1.54) is 31.8 Å². The molecule has 4 aromatic heterocycles. The van der Waals surface area contributed by atoms with Gasteiger partial charge in [-0.15, -0.1) is 0 Å². The number of anilines is 1. The molecule has 0 bridgehead atoms. The van der Waals surface area contributed by atoms with E-state index in [4.69, 9.17) is 18.9 Å². The van der Waals surface area contributed by atoms with Crippen molar-refractivity contribution in [3.8, 4) is 52.6 Å². The number of hydrogen-bond acceptors (Lipinski definition) is 13. The zero-order chi connectivity index (χ0) is 30.8. The lowest BCUT2D eigenvalue weighted by molar-refractivity contribution is 0.322. The highest BCUT2D eigenvalue weighted by Crippen LogP contribution is 2.41. The van der Waals surface area contributed by atoms with E-state index in [-0.39, 0.29) is 59.1 Å². The fourth-order valence-corrected chi connectivity index (χ4v) is 4.41. The van der Waals surface area contributed by atoms with Crippen LogP contribution in [-0.2, 0) is 10.0 Å². The Bertz CT molecular complexity index is 1890. The van der Waals surface area contributed by atoms with E-state index in [1.807, 2.05) is 0 Å². The zero-order valence-corrected chi connectivity index (χ0v) is 24.2. The van der Waals surface area contributed by atoms with Crippen molar-refractivity contribution >= 4 is 15.8 Å². The van der Waals surface area contributed by atoms with Crippen LogP contribution >= 0.6 is 0 Å². The Balaban J connectivity index is 1.53. The average molecular weight is 613 g/mol. The summed E-state index contributed by atoms with van der Waals surface area (Å²) in [6.07, 6.45) is 7.52. The van der Waals surface area contributed by atoms with Crippen molar-refractivity contribution in [2.24, 2.45) is 0 Å². The topological polar surface area (TPSA) is 173 Å². The second-order valence-electron chi connectivity index (χ2n) is 8.60. The highest BCUT2D eigenvalue weighted by atomic mass is 32.2. The normalized spacial score (nSPS) is 10.7. The molecule has 15 heteroatoms. The highest BCUT2D eigenvalue weighted by Gasteiger charge is 2.26. The van der Waals surface area contributed by atoms with Gasteiger partial charge in [-0.2, -0.15) is 13.4 Å². The van der Waals surface area contributed by atoms with Gasteiger partial charge in [0.15, 0.2) is 41.4 Å². The van der Waals surface area contributed by atoms with Crippen LogP contribution in [0.2, 0.25) is 0 Å². The predicted octanol–water partition coefficient (Wildman–Crippen LogP) is 3.49. The van der Waals surface area contributed by atoms with Crippen molar-refractivity contribution in [2.45, 2.75) is 11.9 Å². The molecule has 0 spiro atoms. The van der Waals surface area contributed by atoms with Crippen LogP contribution in [0.15, 0.2) is 84.5 Å². The molecule has 5 rings (SSSR count). The lowest BCUT2D eigenvalue weighted by Gasteiger charge is -2.17. The van der Waals surface area contributed by atoms with Crippen LogP contribution in [0.5, 0.6) is 29.1 Å². The Labute approximate surface area is 252 Å². The third-order valence-electron chi connectivity index (χ3n) is 5.49. The summed E-state index contributed by atoms with van der Waals surface area (Å²) in [4.78, 5) is 29.2. The number of aryl methyl sites for hydroxylation is 1. The van der Waals surface area contributed by atoms with E-state index in [2.05, 4.69) is 51.5 Å². The summed E-state index contributed by atoms with van der Waals surface area (Å²) in [5.74, 6) is 5.69. The first kappa shape index (κ1) is 29.6. The van der Waals surface area contributed by atoms with Crippen molar-refractivity contribution in [1.82, 2.24) is 34.9 Å². The molecular formula is C29H24N8O6S. The van der Waals surface area contributed by atoms with Gasteiger partial charge in [-0.25, -0.2) is 29.9 Å². The van der Waals surface area contributed by atoms with Crippen LogP contribution < -0.4 is 23.7 Å². The minimum absolute atomic E-state index is 0.000572. The number of pyridine rings is 1. The smallest absolute Gasteiger partial charge is 0.317 e. The number of benzene rings is 1. The molecule has 0 saturated carbocycles. The zero-order valence-electron chi connectivity index (χ0n) is 23.4. The second kappa shape index (κ2) is 13.9. The molecule has 0 unspecified atom stereocenters. The number of methoxy groups -OCH3 is 1. The molecule has 0 aliphatic carbocycles. The number of para-hydroxylation sites is 2. The van der Waals surface area contributed by atoms with E-state index in [9.17, 15) is 8.42 Å². The third-order valence-corrected chi connectivity index (χ3v) is 6.75. The molecule has 0 aliphatic heterocycles. The summed E-state index contributed by atoms with van der Waals surface area (Å²) in [5.41, 5.74) is 0.785. The first-order valence-electron chi connectivity index (χ1n) is 12.9. The maximum Gasteiger partial charge on any atom is 0.317 e. The molecule has 1 aromatic carbocycles. The highest BCUT2D eigenvalue weighted by molar-refractivity contribution is 7.92. The van der Waals surface area contributed by atoms with Crippen LogP contribution in [0, 0.1) is 18.8 Å². The number of nitrogens with zero attached hydrogens (tertiary/aromatic N) is 7. The molecule has 0 atom stereocenters. The van der Waals surface area contributed by atoms with Gasteiger partial charge in [0.05, 0.1) is 7.11 Å². The maximum atomic E-state index is 13.4. The van der Waals surface area contributed by atoms with Crippen molar-refractivity contribution in [1.29, 1.82) is 0 Å². The lowest BCUT2D eigenvalue weighted by atomic mass is 10.3. The monoisotopic (exact) mass is 612 g/mol. The number of rotatable bonds is 11. The number of sulfonamides is 1. The van der Waals surface area contributed by atoms with Gasteiger partial charge in [-0.05, 0) is 42.8 Å². The second-order valence-corrected chi connectivity index (χ2v) is 10.2. The van der Waals surface area contributed by atoms with Crippen LogP contribution in [0.3, 0.4) is 0 Å². The maximum absolute atomic E-state index is 13.4. The van der Waals surface area contributed by atoms with Gasteiger partial charge in [-0.3, -0.25) is 4.72 Å². The molecule has 0 amide bonds. The Kier molecular flexibility index (Phi) is 9.32. The number of aromatic nitrogens is 7. The number of nitrogens with one attached hydrogen (secondary N) is 1. The fourth-order valence-electron chi connectivity index (χ4n) is 3.48. The summed E-state index contributed by atoms with van der Waals surface area (Å²) >= 11 is 0. The molecule has 0 radical (unpaired) electrons. The predicted molar refractivity (Wildman–Crippen MR) is 157 cm³/mol. The molecule has 222 valence electrons. The van der Waals surface area contributed by atoms with Gasteiger partial charge < -0.3 is 18.9 Å². The summed E-state index contributed by atoms with van der Waals surface area (Å²) in [5, 5.41) is -0.238. The molecule has 14 nitrogen and oxygen atoms in total. The Hall–Kier alpha value is -5.88. The average Bonchev–Trinajstić information content (AvgIpc) is 3.05. The van der Waals surface area contributed by atoms with Crippen molar-refractivity contribution in [2.75, 3.05) is 25.0 Å². The first-order valence-corrected chi connectivity index (χ1v) is 14.4. The van der Waals surface area contributed by atoms with Gasteiger partial charge in [0.2, 0.25) is 11.6 Å². The van der Waals surface area contributed by atoms with Crippen molar-refractivity contribution in [3.63, 3.8) is 0 Å². The van der Waals surface area contributed by atoms with E-state index in [0.717, 1.165) is 5.56 Å². The van der Waals surface area contributed by atoms with Crippen molar-refractivity contribution < 1.29 is 27.4 Å². The summed E-state index contributed by atoms with van der Waals surface area (Å²) in [6.45, 7) is 1.61. The van der Waals surface area contributed by atoms with Gasteiger partial charge in [0, 0.05) is 31.0 Å². The van der Waals surface area contributed by atoms with E-state index in [1.54, 1.807) is 61.8 Å². The molecule has 5 aromatic rings. The van der Waals surface area contributed by atoms with Gasteiger partial charge in [0.1, 0.15) is 0 Å². The summed E-state index contributed by atoms with van der Waals surface area (Å²) < 4.78 is 52.1. The molecule has 4 heterocycles. The molecule has 1 N–H and O–H groups in total. The molecule has 44 heavy (non-hydrogen) atoms. The largest absolute Gasteiger partial charge is 0.493 e. The fraction of sp³-hybridized carbons (Fsp3) is 0.138. The van der Waals surface area contributed by atoms with E-state index < -0.39 is 10.0 Å². The Morgan fingerprint density at radius 1 is 0.773 bits per heavy atom. The Morgan fingerprint density at radius 3 is 2.14 bits per heavy atom. The van der Waals surface area contributed by atoms with Crippen LogP contribution in [0.1, 0.15) is 5.56 Å². The van der Waals surface area contributed by atoms with Crippen LogP contribution in [0.25, 0.3) is 11.6 Å². The van der Waals surface area contributed by atoms with E-state index >= 15 is 0 Å². The number of ether oxygens (including phenoxy) is 4. The number of hydrogen-bond donors (Lipinski definition) is 1. The molecule has 0 saturated heterocycles. The third kappa shape index (κ3) is 7.49. The van der Waals surface area contributed by atoms with E-state index in [0.29, 0.717) is 5.75 Å². The first-order chi connectivity index (χ1) is 21.4. The SMILES string of the molecule is COc1ccccc1Oc1c(NS(=O)(=O)c2ccc(C)cn2)nc(-c2ncccn2)nc1OCC#CCOc1ncccn1. The summed E-state index contributed by atoms with van der Waals surface area (Å²) in [6, 6.07) is 13.2. The standard InChI is InChI=1S/C29H24N8O6S/c1-20-11-12-23(34-19-20)44(38,39)37-25-24(43-22-10-4-3-9-21(22)40-2)28(36-27(35-25)26-30-13-7-14-31-26)41-17-5-6-18-42-29-32-15-8-16-33-29/h3-4,7-16,19H,17-18H2,1-2H3,(H,35,36,37). The molecule has 0 fully saturated rings. The van der Waals surface area contributed by atoms with Gasteiger partial charge in [0.25, 0.3) is 15.9 Å². The Morgan fingerprint density at radius 2 is 1.45 bits per heavy atom. The van der Waals surface area contributed by atoms with Crippen LogP contribution in [-0.4, -0.2) is 63.6 Å². The van der Waals surface area contributed by atoms with Gasteiger partial charge in [-0.1, -0.05) is 30.0 Å². The lowest BCUT2D eigenvalue weighted by Crippen LogP contribution is -2.17. The van der Waals surface area contributed by atoms with Gasteiger partial charge >= 0.3 is 6.01 Å². The summed E-state index contributed by atoms with van der Waals surface area (Å²) in [7, 11) is -2.78.